The van der Waals surface area contributed by atoms with Gasteiger partial charge in [0.05, 0.1) is 11.5 Å². The number of hydrogen-bond donors (Lipinski definition) is 3. The average Bonchev–Trinajstić information content (AvgIpc) is 2.46. The molecule has 0 bridgehead atoms. The van der Waals surface area contributed by atoms with Crippen LogP contribution in [0.15, 0.2) is 17.7 Å². The van der Waals surface area contributed by atoms with Gasteiger partial charge in [-0.1, -0.05) is 0 Å². The van der Waals surface area contributed by atoms with Gasteiger partial charge in [0.15, 0.2) is 5.75 Å². The van der Waals surface area contributed by atoms with Crippen LogP contribution in [0.5, 0.6) is 11.5 Å². The van der Waals surface area contributed by atoms with Crippen LogP contribution in [-0.4, -0.2) is 28.6 Å². The number of primary amides is 1. The number of urea groups is 1. The van der Waals surface area contributed by atoms with Gasteiger partial charge in [0.1, 0.15) is 11.6 Å². The largest absolute Gasteiger partial charge is 0.500 e. The van der Waals surface area contributed by atoms with Crippen molar-refractivity contribution in [2.24, 2.45) is 5.73 Å². The second kappa shape index (κ2) is 7.41. The summed E-state index contributed by atoms with van der Waals surface area (Å²) in [6, 6.07) is 2.55. The zero-order valence-electron chi connectivity index (χ0n) is 11.9. The molecule has 0 saturated heterocycles. The van der Waals surface area contributed by atoms with Crippen LogP contribution in [-0.2, 0) is 4.79 Å². The van der Waals surface area contributed by atoms with Crippen molar-refractivity contribution in [1.82, 2.24) is 5.32 Å². The van der Waals surface area contributed by atoms with Crippen molar-refractivity contribution in [2.75, 3.05) is 6.61 Å². The summed E-state index contributed by atoms with van der Waals surface area (Å²) in [6.07, 6.45) is 0.993. The summed E-state index contributed by atoms with van der Waals surface area (Å²) in [4.78, 5) is 32.3. The molecule has 3 amide bonds. The van der Waals surface area contributed by atoms with Crippen LogP contribution in [0.4, 0.5) is 10.5 Å². The first-order valence-corrected chi connectivity index (χ1v) is 6.16. The van der Waals surface area contributed by atoms with E-state index < -0.39 is 33.9 Å². The van der Waals surface area contributed by atoms with E-state index in [1.807, 2.05) is 0 Å². The SMILES string of the molecule is CCOc1cc(/C=C(/C#N)C(=O)NC(N)=O)cc([N+](=O)[O-])c1O. The molecule has 1 rings (SSSR count). The highest BCUT2D eigenvalue weighted by atomic mass is 16.6. The number of carbonyl (C=O) groups is 2. The second-order valence-electron chi connectivity index (χ2n) is 4.07. The summed E-state index contributed by atoms with van der Waals surface area (Å²) in [5.41, 5.74) is 3.66. The number of nitrogens with zero attached hydrogens (tertiary/aromatic N) is 2. The number of benzene rings is 1. The molecule has 1 aromatic carbocycles. The molecule has 23 heavy (non-hydrogen) atoms. The summed E-state index contributed by atoms with van der Waals surface area (Å²) in [6.45, 7) is 1.74. The van der Waals surface area contributed by atoms with Gasteiger partial charge in [-0.2, -0.15) is 5.26 Å². The fraction of sp³-hybridized carbons (Fsp3) is 0.154. The Hall–Kier alpha value is -3.61. The van der Waals surface area contributed by atoms with Crippen LogP contribution in [0.2, 0.25) is 0 Å². The zero-order chi connectivity index (χ0) is 17.6. The monoisotopic (exact) mass is 320 g/mol. The van der Waals surface area contributed by atoms with E-state index in [1.54, 1.807) is 12.2 Å². The normalized spacial score (nSPS) is 10.5. The lowest BCUT2D eigenvalue weighted by atomic mass is 10.1. The number of nitro groups is 1. The molecular formula is C13H12N4O6. The van der Waals surface area contributed by atoms with Gasteiger partial charge in [-0.3, -0.25) is 20.2 Å². The molecule has 0 aliphatic heterocycles. The molecule has 0 aromatic heterocycles. The van der Waals surface area contributed by atoms with Gasteiger partial charge in [-0.05, 0) is 24.6 Å². The summed E-state index contributed by atoms with van der Waals surface area (Å²) >= 11 is 0. The maximum Gasteiger partial charge on any atom is 0.319 e. The number of aromatic hydroxyl groups is 1. The smallest absolute Gasteiger partial charge is 0.319 e. The minimum absolute atomic E-state index is 0.0501. The number of phenolic OH excluding ortho intramolecular Hbond substituents is 1. The average molecular weight is 320 g/mol. The first kappa shape index (κ1) is 17.4. The molecule has 10 heteroatoms. The van der Waals surface area contributed by atoms with Crippen LogP contribution in [0.25, 0.3) is 6.08 Å². The maximum absolute atomic E-state index is 11.6. The van der Waals surface area contributed by atoms with Crippen molar-refractivity contribution >= 4 is 23.7 Å². The Morgan fingerprint density at radius 1 is 1.57 bits per heavy atom. The van der Waals surface area contributed by atoms with Gasteiger partial charge in [0.25, 0.3) is 5.91 Å². The highest BCUT2D eigenvalue weighted by Crippen LogP contribution is 2.37. The molecule has 0 spiro atoms. The maximum atomic E-state index is 11.6. The molecule has 10 nitrogen and oxygen atoms in total. The molecule has 1 aromatic rings. The van der Waals surface area contributed by atoms with E-state index >= 15 is 0 Å². The zero-order valence-corrected chi connectivity index (χ0v) is 11.9. The van der Waals surface area contributed by atoms with E-state index in [0.29, 0.717) is 0 Å². The molecule has 0 aliphatic rings. The Bertz CT molecular complexity index is 735. The molecule has 0 aliphatic carbocycles. The first-order valence-electron chi connectivity index (χ1n) is 6.16. The standard InChI is InChI=1S/C13H12N4O6/c1-2-23-10-5-7(4-9(11(10)18)17(21)22)3-8(6-14)12(19)16-13(15)20/h3-5,18H,2H2,1H3,(H3,15,16,19,20)/b8-3-. The Morgan fingerprint density at radius 3 is 2.70 bits per heavy atom. The number of nitro benzene ring substituents is 1. The van der Waals surface area contributed by atoms with Crippen LogP contribution in [0.1, 0.15) is 12.5 Å². The molecule has 0 unspecified atom stereocenters. The van der Waals surface area contributed by atoms with Crippen molar-refractivity contribution in [2.45, 2.75) is 6.92 Å². The Morgan fingerprint density at radius 2 is 2.22 bits per heavy atom. The number of hydrogen-bond acceptors (Lipinski definition) is 7. The number of phenols is 1. The molecule has 0 heterocycles. The van der Waals surface area contributed by atoms with Crippen LogP contribution in [0, 0.1) is 21.4 Å². The summed E-state index contributed by atoms with van der Waals surface area (Å²) in [7, 11) is 0. The number of nitriles is 1. The lowest BCUT2D eigenvalue weighted by Gasteiger charge is -2.07. The Labute approximate surface area is 129 Å². The number of ether oxygens (including phenoxy) is 1. The van der Waals surface area contributed by atoms with Crippen molar-refractivity contribution in [3.8, 4) is 17.6 Å². The number of amides is 3. The number of nitrogens with one attached hydrogen (secondary N) is 1. The first-order chi connectivity index (χ1) is 10.8. The third-order valence-electron chi connectivity index (χ3n) is 2.49. The van der Waals surface area contributed by atoms with Crippen molar-refractivity contribution < 1.29 is 24.4 Å². The van der Waals surface area contributed by atoms with E-state index in [9.17, 15) is 24.8 Å². The number of imide groups is 1. The van der Waals surface area contributed by atoms with E-state index in [0.717, 1.165) is 12.1 Å². The van der Waals surface area contributed by atoms with Crippen LogP contribution < -0.4 is 15.8 Å². The third kappa shape index (κ3) is 4.43. The summed E-state index contributed by atoms with van der Waals surface area (Å²) < 4.78 is 5.07. The second-order valence-corrected chi connectivity index (χ2v) is 4.07. The highest BCUT2D eigenvalue weighted by Gasteiger charge is 2.20. The van der Waals surface area contributed by atoms with Crippen LogP contribution >= 0.6 is 0 Å². The third-order valence-corrected chi connectivity index (χ3v) is 2.49. The highest BCUT2D eigenvalue weighted by molar-refractivity contribution is 6.08. The van der Waals surface area contributed by atoms with Gasteiger partial charge in [0, 0.05) is 6.07 Å². The van der Waals surface area contributed by atoms with E-state index in [-0.39, 0.29) is 17.9 Å². The summed E-state index contributed by atoms with van der Waals surface area (Å²) in [5.74, 6) is -1.91. The number of nitrogens with two attached hydrogens (primary N) is 1. The quantitative estimate of drug-likeness (QED) is 0.312. The molecular weight excluding hydrogens is 308 g/mol. The van der Waals surface area contributed by atoms with Crippen molar-refractivity contribution in [3.05, 3.63) is 33.4 Å². The van der Waals surface area contributed by atoms with Gasteiger partial charge in [-0.15, -0.1) is 0 Å². The summed E-state index contributed by atoms with van der Waals surface area (Å²) in [5, 5.41) is 31.3. The number of carbonyl (C=O) groups excluding carboxylic acids is 2. The van der Waals surface area contributed by atoms with Gasteiger partial charge in [0.2, 0.25) is 5.75 Å². The van der Waals surface area contributed by atoms with Gasteiger partial charge in [-0.25, -0.2) is 4.79 Å². The Balaban J connectivity index is 3.38. The molecule has 0 atom stereocenters. The molecule has 120 valence electrons. The van der Waals surface area contributed by atoms with Crippen molar-refractivity contribution in [3.63, 3.8) is 0 Å². The van der Waals surface area contributed by atoms with Crippen molar-refractivity contribution in [1.29, 1.82) is 5.26 Å². The van der Waals surface area contributed by atoms with Gasteiger partial charge >= 0.3 is 11.7 Å². The van der Waals surface area contributed by atoms with E-state index in [4.69, 9.17) is 15.7 Å². The molecule has 0 saturated carbocycles. The molecule has 0 radical (unpaired) electrons. The Kier molecular flexibility index (Phi) is 5.62. The number of rotatable bonds is 5. The van der Waals surface area contributed by atoms with Crippen LogP contribution in [0.3, 0.4) is 0 Å². The fourth-order valence-corrected chi connectivity index (χ4v) is 1.60. The topological polar surface area (TPSA) is 169 Å². The van der Waals surface area contributed by atoms with E-state index in [2.05, 4.69) is 0 Å². The van der Waals surface area contributed by atoms with E-state index in [1.165, 1.54) is 12.1 Å². The lowest BCUT2D eigenvalue weighted by Crippen LogP contribution is -2.35. The van der Waals surface area contributed by atoms with Gasteiger partial charge < -0.3 is 15.6 Å². The minimum Gasteiger partial charge on any atom is -0.500 e. The molecule has 4 N–H and O–H groups in total. The molecule has 0 fully saturated rings. The minimum atomic E-state index is -1.15. The predicted molar refractivity (Wildman–Crippen MR) is 77.2 cm³/mol. The fourth-order valence-electron chi connectivity index (χ4n) is 1.60. The lowest BCUT2D eigenvalue weighted by molar-refractivity contribution is -0.386. The predicted octanol–water partition coefficient (Wildman–Crippen LogP) is 0.801.